The molecule has 0 saturated carbocycles. The quantitative estimate of drug-likeness (QED) is 0.372. The number of carbonyl (C=O) groups is 2. The number of esters is 1. The highest BCUT2D eigenvalue weighted by molar-refractivity contribution is 7.89. The van der Waals surface area contributed by atoms with Gasteiger partial charge < -0.3 is 9.47 Å². The van der Waals surface area contributed by atoms with Crippen LogP contribution in [0.25, 0.3) is 0 Å². The molecule has 0 saturated heterocycles. The topological polar surface area (TPSA) is 99.2 Å². The summed E-state index contributed by atoms with van der Waals surface area (Å²) < 4.78 is 48.4. The summed E-state index contributed by atoms with van der Waals surface area (Å²) in [5.74, 6) is -2.10. The van der Waals surface area contributed by atoms with Crippen molar-refractivity contribution in [2.75, 3.05) is 27.9 Å². The summed E-state index contributed by atoms with van der Waals surface area (Å²) in [6.45, 7) is -0.673. The molecule has 0 N–H and O–H groups in total. The first-order valence-corrected chi connectivity index (χ1v) is 9.31. The van der Waals surface area contributed by atoms with Gasteiger partial charge in [-0.1, -0.05) is 10.5 Å². The SMILES string of the molecule is COc1ccc(F)cc1C(=O)COC(=O)c1cccc(S(=O)(=O)N(C)OC)c1. The van der Waals surface area contributed by atoms with Gasteiger partial charge in [0.1, 0.15) is 11.6 Å². The molecule has 0 radical (unpaired) electrons. The van der Waals surface area contributed by atoms with Crippen molar-refractivity contribution < 1.29 is 36.7 Å². The Kier molecular flexibility index (Phi) is 6.84. The minimum Gasteiger partial charge on any atom is -0.496 e. The molecule has 0 atom stereocenters. The van der Waals surface area contributed by atoms with Crippen LogP contribution >= 0.6 is 0 Å². The van der Waals surface area contributed by atoms with Crippen LogP contribution in [0, 0.1) is 5.82 Å². The van der Waals surface area contributed by atoms with Gasteiger partial charge in [0.2, 0.25) is 5.78 Å². The number of carbonyl (C=O) groups excluding carboxylic acids is 2. The van der Waals surface area contributed by atoms with Crippen molar-refractivity contribution in [3.8, 4) is 5.75 Å². The Labute approximate surface area is 161 Å². The average Bonchev–Trinajstić information content (AvgIpc) is 2.70. The Morgan fingerprint density at radius 2 is 1.82 bits per heavy atom. The summed E-state index contributed by atoms with van der Waals surface area (Å²) in [5.41, 5.74) is -0.155. The minimum atomic E-state index is -3.95. The summed E-state index contributed by atoms with van der Waals surface area (Å²) in [5, 5.41) is 0. The number of ketones is 1. The number of ether oxygens (including phenoxy) is 2. The molecule has 2 aromatic carbocycles. The van der Waals surface area contributed by atoms with E-state index in [1.807, 2.05) is 0 Å². The van der Waals surface area contributed by atoms with Crippen molar-refractivity contribution in [3.63, 3.8) is 0 Å². The standard InChI is InChI=1S/C18H18FNO7S/c1-20(26-3)28(23,24)14-6-4-5-12(9-14)18(22)27-11-16(21)15-10-13(19)7-8-17(15)25-2/h4-10H,11H2,1-3H3. The molecule has 0 fully saturated rings. The van der Waals surface area contributed by atoms with Crippen molar-refractivity contribution >= 4 is 21.8 Å². The molecule has 0 bridgehead atoms. The second-order valence-electron chi connectivity index (χ2n) is 5.47. The molecule has 0 spiro atoms. The number of sulfonamides is 1. The minimum absolute atomic E-state index is 0.0756. The predicted octanol–water partition coefficient (Wildman–Crippen LogP) is 2.06. The summed E-state index contributed by atoms with van der Waals surface area (Å²) in [4.78, 5) is 28.9. The number of halogens is 1. The zero-order chi connectivity index (χ0) is 20.9. The largest absolute Gasteiger partial charge is 0.496 e. The molecule has 150 valence electrons. The van der Waals surface area contributed by atoms with Gasteiger partial charge in [0, 0.05) is 7.05 Å². The van der Waals surface area contributed by atoms with E-state index in [9.17, 15) is 22.4 Å². The van der Waals surface area contributed by atoms with Crippen LogP contribution in [-0.4, -0.2) is 52.5 Å². The maximum Gasteiger partial charge on any atom is 0.338 e. The molecule has 8 nitrogen and oxygen atoms in total. The van der Waals surface area contributed by atoms with E-state index >= 15 is 0 Å². The van der Waals surface area contributed by atoms with Crippen LogP contribution in [0.15, 0.2) is 47.4 Å². The normalized spacial score (nSPS) is 11.3. The zero-order valence-electron chi connectivity index (χ0n) is 15.3. The third-order valence-electron chi connectivity index (χ3n) is 3.76. The van der Waals surface area contributed by atoms with E-state index in [1.54, 1.807) is 0 Å². The predicted molar refractivity (Wildman–Crippen MR) is 96.0 cm³/mol. The van der Waals surface area contributed by atoms with Crippen molar-refractivity contribution in [3.05, 3.63) is 59.4 Å². The van der Waals surface area contributed by atoms with Gasteiger partial charge in [-0.05, 0) is 36.4 Å². The first-order chi connectivity index (χ1) is 13.2. The molecule has 0 aromatic heterocycles. The second-order valence-corrected chi connectivity index (χ2v) is 7.40. The highest BCUT2D eigenvalue weighted by Gasteiger charge is 2.23. The van der Waals surface area contributed by atoms with Gasteiger partial charge in [0.15, 0.2) is 6.61 Å². The summed E-state index contributed by atoms with van der Waals surface area (Å²) in [7, 11) is -0.254. The van der Waals surface area contributed by atoms with Crippen LogP contribution in [-0.2, 0) is 19.6 Å². The van der Waals surface area contributed by atoms with Crippen LogP contribution in [0.3, 0.4) is 0 Å². The maximum atomic E-state index is 13.4. The Hall–Kier alpha value is -2.82. The van der Waals surface area contributed by atoms with Crippen molar-refractivity contribution in [1.29, 1.82) is 0 Å². The third kappa shape index (κ3) is 4.71. The fraction of sp³-hybridized carbons (Fsp3) is 0.222. The van der Waals surface area contributed by atoms with Gasteiger partial charge in [-0.25, -0.2) is 17.6 Å². The summed E-state index contributed by atoms with van der Waals surface area (Å²) in [6.07, 6.45) is 0. The van der Waals surface area contributed by atoms with Crippen LogP contribution in [0.4, 0.5) is 4.39 Å². The van der Waals surface area contributed by atoms with Gasteiger partial charge >= 0.3 is 5.97 Å². The van der Waals surface area contributed by atoms with Gasteiger partial charge in [0.05, 0.1) is 30.2 Å². The van der Waals surface area contributed by atoms with E-state index in [4.69, 9.17) is 9.47 Å². The monoisotopic (exact) mass is 411 g/mol. The second kappa shape index (κ2) is 8.91. The van der Waals surface area contributed by atoms with Crippen molar-refractivity contribution in [2.24, 2.45) is 0 Å². The van der Waals surface area contributed by atoms with E-state index in [0.717, 1.165) is 18.2 Å². The summed E-state index contributed by atoms with van der Waals surface area (Å²) >= 11 is 0. The molecule has 10 heteroatoms. The van der Waals surface area contributed by atoms with Gasteiger partial charge in [0.25, 0.3) is 10.0 Å². The number of methoxy groups -OCH3 is 1. The number of Topliss-reactive ketones (excluding diaryl/α,β-unsaturated/α-hetero) is 1. The zero-order valence-corrected chi connectivity index (χ0v) is 16.2. The van der Waals surface area contributed by atoms with Gasteiger partial charge in [-0.3, -0.25) is 9.63 Å². The molecule has 2 aromatic rings. The molecule has 0 amide bonds. The first kappa shape index (κ1) is 21.5. The van der Waals surface area contributed by atoms with Gasteiger partial charge in [-0.2, -0.15) is 0 Å². The molecule has 28 heavy (non-hydrogen) atoms. The van der Waals surface area contributed by atoms with Gasteiger partial charge in [-0.15, -0.1) is 0 Å². The molecule has 2 rings (SSSR count). The number of hydrogen-bond donors (Lipinski definition) is 0. The molecule has 0 aliphatic heterocycles. The third-order valence-corrected chi connectivity index (χ3v) is 5.44. The average molecular weight is 411 g/mol. The Balaban J connectivity index is 2.15. The van der Waals surface area contributed by atoms with Crippen LogP contribution in [0.2, 0.25) is 0 Å². The highest BCUT2D eigenvalue weighted by atomic mass is 32.2. The van der Waals surface area contributed by atoms with Crippen LogP contribution < -0.4 is 4.74 Å². The van der Waals surface area contributed by atoms with E-state index in [0.29, 0.717) is 4.47 Å². The molecule has 0 unspecified atom stereocenters. The lowest BCUT2D eigenvalue weighted by molar-refractivity contribution is -0.0258. The van der Waals surface area contributed by atoms with E-state index in [1.165, 1.54) is 45.5 Å². The molecule has 0 aliphatic rings. The Bertz CT molecular complexity index is 991. The maximum absolute atomic E-state index is 13.4. The number of rotatable bonds is 8. The fourth-order valence-electron chi connectivity index (χ4n) is 2.22. The van der Waals surface area contributed by atoms with Crippen LogP contribution in [0.5, 0.6) is 5.75 Å². The number of benzene rings is 2. The lowest BCUT2D eigenvalue weighted by Crippen LogP contribution is -2.26. The lowest BCUT2D eigenvalue weighted by Gasteiger charge is -2.14. The number of hydrogen-bond acceptors (Lipinski definition) is 7. The van der Waals surface area contributed by atoms with E-state index in [2.05, 4.69) is 4.84 Å². The fourth-order valence-corrected chi connectivity index (χ4v) is 3.24. The smallest absolute Gasteiger partial charge is 0.338 e. The van der Waals surface area contributed by atoms with Crippen LogP contribution in [0.1, 0.15) is 20.7 Å². The van der Waals surface area contributed by atoms with E-state index in [-0.39, 0.29) is 21.8 Å². The molecular formula is C18H18FNO7S. The molecule has 0 heterocycles. The summed E-state index contributed by atoms with van der Waals surface area (Å²) in [6, 6.07) is 8.45. The Morgan fingerprint density at radius 3 is 2.46 bits per heavy atom. The Morgan fingerprint density at radius 1 is 1.11 bits per heavy atom. The van der Waals surface area contributed by atoms with E-state index < -0.39 is 34.2 Å². The van der Waals surface area contributed by atoms with Crippen molar-refractivity contribution in [2.45, 2.75) is 4.90 Å². The molecule has 0 aliphatic carbocycles. The number of nitrogens with zero attached hydrogens (tertiary/aromatic N) is 1. The first-order valence-electron chi connectivity index (χ1n) is 7.87. The highest BCUT2D eigenvalue weighted by Crippen LogP contribution is 2.20. The van der Waals surface area contributed by atoms with Crippen molar-refractivity contribution in [1.82, 2.24) is 4.47 Å². The molecular weight excluding hydrogens is 393 g/mol. The number of hydroxylamine groups is 1. The lowest BCUT2D eigenvalue weighted by atomic mass is 10.1.